The van der Waals surface area contributed by atoms with E-state index in [2.05, 4.69) is 0 Å². The number of aryl methyl sites for hydroxylation is 1. The molecule has 2 atom stereocenters. The van der Waals surface area contributed by atoms with E-state index in [1.54, 1.807) is 25.1 Å². The van der Waals surface area contributed by atoms with E-state index in [1.165, 1.54) is 0 Å². The van der Waals surface area contributed by atoms with Crippen molar-refractivity contribution in [3.8, 4) is 0 Å². The highest BCUT2D eigenvalue weighted by Crippen LogP contribution is 2.40. The summed E-state index contributed by atoms with van der Waals surface area (Å²) in [6, 6.07) is 14.8. The smallest absolute Gasteiger partial charge is 0.161 e. The van der Waals surface area contributed by atoms with Gasteiger partial charge < -0.3 is 0 Å². The van der Waals surface area contributed by atoms with Crippen LogP contribution in [0.4, 0.5) is 13.2 Å². The number of allylic oxidation sites excluding steroid dienone is 4. The molecule has 0 bridgehead atoms. The first-order chi connectivity index (χ1) is 14.5. The van der Waals surface area contributed by atoms with E-state index in [4.69, 9.17) is 0 Å². The molecule has 30 heavy (non-hydrogen) atoms. The highest BCUT2D eigenvalue weighted by atomic mass is 19.2. The lowest BCUT2D eigenvalue weighted by molar-refractivity contribution is 0.232. The Kier molecular flexibility index (Phi) is 6.46. The van der Waals surface area contributed by atoms with Crippen LogP contribution in [-0.4, -0.2) is 12.3 Å². The summed E-state index contributed by atoms with van der Waals surface area (Å²) in [5.41, 5.74) is 3.52. The SMILES string of the molecule is Cc1ccc(C2CCC(CCC3=CC=C(c4ccccc4)C(F)C3F)CC2)cc1F. The summed E-state index contributed by atoms with van der Waals surface area (Å²) in [5, 5.41) is 0. The maximum absolute atomic E-state index is 14.8. The topological polar surface area (TPSA) is 0 Å². The second-order valence-corrected chi connectivity index (χ2v) is 8.80. The van der Waals surface area contributed by atoms with Gasteiger partial charge in [0, 0.05) is 0 Å². The molecule has 0 N–H and O–H groups in total. The van der Waals surface area contributed by atoms with Gasteiger partial charge >= 0.3 is 0 Å². The lowest BCUT2D eigenvalue weighted by Gasteiger charge is -2.30. The van der Waals surface area contributed by atoms with Crippen molar-refractivity contribution in [3.63, 3.8) is 0 Å². The van der Waals surface area contributed by atoms with Crippen LogP contribution in [0.1, 0.15) is 61.1 Å². The molecule has 3 heteroatoms. The normalized spacial score (nSPS) is 26.8. The average Bonchev–Trinajstić information content (AvgIpc) is 2.78. The van der Waals surface area contributed by atoms with Crippen molar-refractivity contribution in [1.29, 1.82) is 0 Å². The summed E-state index contributed by atoms with van der Waals surface area (Å²) < 4.78 is 43.4. The standard InChI is InChI=1S/C27H29F3/c1-18-7-11-23(17-25(18)28)20-12-8-19(9-13-20)10-14-22-15-16-24(27(30)26(22)29)21-5-3-2-4-6-21/h2-7,11,15-17,19-20,26-27H,8-10,12-14H2,1H3. The molecule has 2 aromatic carbocycles. The van der Waals surface area contributed by atoms with Crippen molar-refractivity contribution < 1.29 is 13.2 Å². The van der Waals surface area contributed by atoms with Crippen LogP contribution in [0.25, 0.3) is 5.57 Å². The maximum atomic E-state index is 14.8. The molecular weight excluding hydrogens is 381 g/mol. The summed E-state index contributed by atoms with van der Waals surface area (Å²) in [4.78, 5) is 0. The Morgan fingerprint density at radius 2 is 1.60 bits per heavy atom. The Bertz CT molecular complexity index is 920. The van der Waals surface area contributed by atoms with Crippen molar-refractivity contribution in [2.24, 2.45) is 5.92 Å². The van der Waals surface area contributed by atoms with E-state index < -0.39 is 12.3 Å². The largest absolute Gasteiger partial charge is 0.239 e. The molecule has 0 saturated heterocycles. The Balaban J connectivity index is 1.32. The first kappa shape index (κ1) is 21.0. The molecule has 2 unspecified atom stereocenters. The number of hydrogen-bond acceptors (Lipinski definition) is 0. The molecule has 158 valence electrons. The zero-order valence-electron chi connectivity index (χ0n) is 17.5. The van der Waals surface area contributed by atoms with Crippen LogP contribution in [-0.2, 0) is 0 Å². The molecular formula is C27H29F3. The van der Waals surface area contributed by atoms with Crippen molar-refractivity contribution in [2.75, 3.05) is 0 Å². The Hall–Kier alpha value is -2.29. The summed E-state index contributed by atoms with van der Waals surface area (Å²) in [6.07, 6.45) is 6.07. The number of hydrogen-bond donors (Lipinski definition) is 0. The summed E-state index contributed by atoms with van der Waals surface area (Å²) in [6.45, 7) is 1.79. The van der Waals surface area contributed by atoms with E-state index in [9.17, 15) is 13.2 Å². The van der Waals surface area contributed by atoms with E-state index in [1.807, 2.05) is 42.5 Å². The van der Waals surface area contributed by atoms with Crippen molar-refractivity contribution >= 4 is 5.57 Å². The minimum atomic E-state index is -1.60. The van der Waals surface area contributed by atoms with Gasteiger partial charge in [-0.3, -0.25) is 0 Å². The number of halogens is 3. The quantitative estimate of drug-likeness (QED) is 0.470. The van der Waals surface area contributed by atoms with E-state index >= 15 is 0 Å². The van der Waals surface area contributed by atoms with Gasteiger partial charge in [0.05, 0.1) is 0 Å². The Morgan fingerprint density at radius 3 is 2.30 bits per heavy atom. The fourth-order valence-corrected chi connectivity index (χ4v) is 4.85. The van der Waals surface area contributed by atoms with Gasteiger partial charge in [-0.1, -0.05) is 54.6 Å². The van der Waals surface area contributed by atoms with Crippen LogP contribution in [0.5, 0.6) is 0 Å². The van der Waals surface area contributed by atoms with Gasteiger partial charge in [-0.2, -0.15) is 0 Å². The lowest BCUT2D eigenvalue weighted by atomic mass is 9.76. The van der Waals surface area contributed by atoms with Crippen molar-refractivity contribution in [3.05, 3.63) is 88.8 Å². The Morgan fingerprint density at radius 1 is 0.867 bits per heavy atom. The second-order valence-electron chi connectivity index (χ2n) is 8.80. The first-order valence-electron chi connectivity index (χ1n) is 11.0. The van der Waals surface area contributed by atoms with Crippen LogP contribution in [0.3, 0.4) is 0 Å². The monoisotopic (exact) mass is 410 g/mol. The predicted octanol–water partition coefficient (Wildman–Crippen LogP) is 7.89. The van der Waals surface area contributed by atoms with Crippen LogP contribution >= 0.6 is 0 Å². The van der Waals surface area contributed by atoms with E-state index in [-0.39, 0.29) is 5.82 Å². The third-order valence-corrected chi connectivity index (χ3v) is 6.85. The highest BCUT2D eigenvalue weighted by Gasteiger charge is 2.32. The molecule has 2 aliphatic carbocycles. The number of alkyl halides is 2. The lowest BCUT2D eigenvalue weighted by Crippen LogP contribution is -2.24. The first-order valence-corrected chi connectivity index (χ1v) is 11.0. The molecule has 0 amide bonds. The molecule has 0 aromatic heterocycles. The molecule has 0 heterocycles. The zero-order valence-corrected chi connectivity index (χ0v) is 17.5. The second kappa shape index (κ2) is 9.24. The molecule has 1 fully saturated rings. The van der Waals surface area contributed by atoms with E-state index in [0.717, 1.165) is 43.2 Å². The van der Waals surface area contributed by atoms with Gasteiger partial charge in [0.15, 0.2) is 12.3 Å². The molecule has 2 aromatic rings. The molecule has 1 saturated carbocycles. The molecule has 0 radical (unpaired) electrons. The van der Waals surface area contributed by atoms with Gasteiger partial charge in [0.25, 0.3) is 0 Å². The molecule has 0 nitrogen and oxygen atoms in total. The van der Waals surface area contributed by atoms with Gasteiger partial charge in [0.1, 0.15) is 5.82 Å². The van der Waals surface area contributed by atoms with Gasteiger partial charge in [-0.05, 0) is 91.2 Å². The number of benzene rings is 2. The fraction of sp³-hybridized carbons (Fsp3) is 0.407. The van der Waals surface area contributed by atoms with Crippen LogP contribution in [0.2, 0.25) is 0 Å². The molecule has 4 rings (SSSR count). The van der Waals surface area contributed by atoms with Crippen molar-refractivity contribution in [2.45, 2.75) is 63.7 Å². The van der Waals surface area contributed by atoms with Crippen LogP contribution in [0, 0.1) is 18.7 Å². The number of rotatable bonds is 5. The summed E-state index contributed by atoms with van der Waals surface area (Å²) in [5.74, 6) is 0.810. The van der Waals surface area contributed by atoms with Crippen LogP contribution < -0.4 is 0 Å². The molecule has 0 spiro atoms. The van der Waals surface area contributed by atoms with E-state index in [0.29, 0.717) is 35.0 Å². The predicted molar refractivity (Wildman–Crippen MR) is 117 cm³/mol. The minimum absolute atomic E-state index is 0.128. The maximum Gasteiger partial charge on any atom is 0.161 e. The van der Waals surface area contributed by atoms with Crippen molar-refractivity contribution in [1.82, 2.24) is 0 Å². The van der Waals surface area contributed by atoms with Crippen LogP contribution in [0.15, 0.2) is 66.3 Å². The third kappa shape index (κ3) is 4.55. The highest BCUT2D eigenvalue weighted by molar-refractivity contribution is 5.73. The minimum Gasteiger partial charge on any atom is -0.239 e. The third-order valence-electron chi connectivity index (χ3n) is 6.85. The van der Waals surface area contributed by atoms with Gasteiger partial charge in [-0.15, -0.1) is 0 Å². The summed E-state index contributed by atoms with van der Waals surface area (Å²) in [7, 11) is 0. The molecule has 0 aliphatic heterocycles. The fourth-order valence-electron chi connectivity index (χ4n) is 4.85. The average molecular weight is 411 g/mol. The summed E-state index contributed by atoms with van der Waals surface area (Å²) >= 11 is 0. The van der Waals surface area contributed by atoms with Gasteiger partial charge in [0.2, 0.25) is 0 Å². The molecule has 2 aliphatic rings. The van der Waals surface area contributed by atoms with Gasteiger partial charge in [-0.25, -0.2) is 13.2 Å². The Labute approximate surface area is 177 Å². The zero-order chi connectivity index (χ0) is 21.1.